The summed E-state index contributed by atoms with van der Waals surface area (Å²) in [6, 6.07) is 15.3. The Labute approximate surface area is 182 Å². The predicted molar refractivity (Wildman–Crippen MR) is 119 cm³/mol. The zero-order valence-corrected chi connectivity index (χ0v) is 18.4. The van der Waals surface area contributed by atoms with Gasteiger partial charge in [-0.25, -0.2) is 0 Å². The molecule has 0 spiro atoms. The van der Waals surface area contributed by atoms with Gasteiger partial charge in [0.2, 0.25) is 5.91 Å². The van der Waals surface area contributed by atoms with Gasteiger partial charge in [-0.05, 0) is 43.3 Å². The predicted octanol–water partition coefficient (Wildman–Crippen LogP) is 4.84. The summed E-state index contributed by atoms with van der Waals surface area (Å²) in [5.74, 6) is 1.55. The molecule has 0 radical (unpaired) electrons. The highest BCUT2D eigenvalue weighted by Crippen LogP contribution is 2.20. The number of rotatable bonds is 9. The van der Waals surface area contributed by atoms with E-state index in [4.69, 9.17) is 4.74 Å². The summed E-state index contributed by atoms with van der Waals surface area (Å²) in [7, 11) is 0. The largest absolute Gasteiger partial charge is 0.486 e. The highest BCUT2D eigenvalue weighted by Gasteiger charge is 2.14. The van der Waals surface area contributed by atoms with E-state index in [9.17, 15) is 4.79 Å². The number of ether oxygens (including phenoxy) is 1. The molecule has 0 atom stereocenters. The molecule has 3 rings (SSSR count). The molecule has 0 fully saturated rings. The molecule has 0 unspecified atom stereocenters. The van der Waals surface area contributed by atoms with E-state index < -0.39 is 0 Å². The number of allylic oxidation sites excluding steroid dienone is 1. The maximum atomic E-state index is 12.2. The minimum Gasteiger partial charge on any atom is -0.486 e. The second kappa shape index (κ2) is 10.3. The van der Waals surface area contributed by atoms with Crippen molar-refractivity contribution in [3.63, 3.8) is 0 Å². The Morgan fingerprint density at radius 3 is 2.62 bits per heavy atom. The molecule has 8 heteroatoms. The summed E-state index contributed by atoms with van der Waals surface area (Å²) in [4.78, 5) is 12.2. The second-order valence-corrected chi connectivity index (χ2v) is 8.10. The van der Waals surface area contributed by atoms with Crippen molar-refractivity contribution in [1.29, 1.82) is 0 Å². The molecule has 0 aliphatic rings. The maximum Gasteiger partial charge on any atom is 0.234 e. The van der Waals surface area contributed by atoms with E-state index in [0.29, 0.717) is 17.5 Å². The summed E-state index contributed by atoms with van der Waals surface area (Å²) >= 11 is 4.73. The molecule has 0 aliphatic heterocycles. The molecule has 1 aromatic heterocycles. The lowest BCUT2D eigenvalue weighted by Crippen LogP contribution is -2.15. The quantitative estimate of drug-likeness (QED) is 0.356. The molecule has 6 nitrogen and oxygen atoms in total. The average molecular weight is 473 g/mol. The van der Waals surface area contributed by atoms with Crippen molar-refractivity contribution in [3.8, 4) is 5.75 Å². The SMILES string of the molecule is C=CCn1c(COc2ccc(Br)cc2)nnc1SCC(=O)Nc1ccc(C)cc1. The number of anilines is 1. The number of hydrogen-bond donors (Lipinski definition) is 1. The van der Waals surface area contributed by atoms with Crippen LogP contribution < -0.4 is 10.1 Å². The third-order valence-electron chi connectivity index (χ3n) is 3.95. The van der Waals surface area contributed by atoms with Gasteiger partial charge in [0.05, 0.1) is 5.75 Å². The first-order chi connectivity index (χ1) is 14.0. The molecule has 29 heavy (non-hydrogen) atoms. The van der Waals surface area contributed by atoms with Gasteiger partial charge in [-0.2, -0.15) is 0 Å². The van der Waals surface area contributed by atoms with Crippen LogP contribution in [0.5, 0.6) is 5.75 Å². The van der Waals surface area contributed by atoms with Gasteiger partial charge in [0.1, 0.15) is 12.4 Å². The van der Waals surface area contributed by atoms with Gasteiger partial charge >= 0.3 is 0 Å². The first-order valence-electron chi connectivity index (χ1n) is 8.96. The van der Waals surface area contributed by atoms with Crippen LogP contribution in [-0.4, -0.2) is 26.4 Å². The smallest absolute Gasteiger partial charge is 0.234 e. The van der Waals surface area contributed by atoms with E-state index in [-0.39, 0.29) is 18.3 Å². The number of aryl methyl sites for hydroxylation is 1. The molecule has 1 amide bonds. The number of nitrogens with one attached hydrogen (secondary N) is 1. The lowest BCUT2D eigenvalue weighted by molar-refractivity contribution is -0.113. The number of carbonyl (C=O) groups excluding carboxylic acids is 1. The normalized spacial score (nSPS) is 10.6. The average Bonchev–Trinajstić information content (AvgIpc) is 3.10. The number of benzene rings is 2. The van der Waals surface area contributed by atoms with E-state index in [2.05, 4.69) is 38.0 Å². The van der Waals surface area contributed by atoms with Crippen LogP contribution in [0.3, 0.4) is 0 Å². The van der Waals surface area contributed by atoms with Crippen LogP contribution in [0.25, 0.3) is 0 Å². The zero-order valence-electron chi connectivity index (χ0n) is 16.0. The number of amides is 1. The van der Waals surface area contributed by atoms with Crippen molar-refractivity contribution in [1.82, 2.24) is 14.8 Å². The van der Waals surface area contributed by atoms with Gasteiger partial charge in [0.15, 0.2) is 11.0 Å². The van der Waals surface area contributed by atoms with Gasteiger partial charge in [0, 0.05) is 16.7 Å². The summed E-state index contributed by atoms with van der Waals surface area (Å²) in [6.07, 6.45) is 1.77. The first-order valence-corrected chi connectivity index (χ1v) is 10.7. The summed E-state index contributed by atoms with van der Waals surface area (Å²) < 4.78 is 8.68. The van der Waals surface area contributed by atoms with Crippen LogP contribution in [-0.2, 0) is 17.9 Å². The molecular weight excluding hydrogens is 452 g/mol. The number of halogens is 1. The molecule has 3 aromatic rings. The number of carbonyl (C=O) groups is 1. The molecule has 150 valence electrons. The fourth-order valence-corrected chi connectivity index (χ4v) is 3.52. The van der Waals surface area contributed by atoms with Gasteiger partial charge in [-0.3, -0.25) is 9.36 Å². The van der Waals surface area contributed by atoms with Crippen molar-refractivity contribution < 1.29 is 9.53 Å². The van der Waals surface area contributed by atoms with Crippen LogP contribution >= 0.6 is 27.7 Å². The van der Waals surface area contributed by atoms with Crippen molar-refractivity contribution in [3.05, 3.63) is 77.0 Å². The number of nitrogens with zero attached hydrogens (tertiary/aromatic N) is 3. The van der Waals surface area contributed by atoms with E-state index >= 15 is 0 Å². The molecular formula is C21H21BrN4O2S. The topological polar surface area (TPSA) is 69.0 Å². The lowest BCUT2D eigenvalue weighted by atomic mass is 10.2. The Morgan fingerprint density at radius 2 is 1.93 bits per heavy atom. The van der Waals surface area contributed by atoms with Gasteiger partial charge in [-0.15, -0.1) is 16.8 Å². The van der Waals surface area contributed by atoms with Crippen molar-refractivity contribution >= 4 is 39.3 Å². The van der Waals surface area contributed by atoms with Crippen molar-refractivity contribution in [2.24, 2.45) is 0 Å². The Morgan fingerprint density at radius 1 is 1.21 bits per heavy atom. The minimum absolute atomic E-state index is 0.0975. The van der Waals surface area contributed by atoms with Gasteiger partial charge in [0.25, 0.3) is 0 Å². The lowest BCUT2D eigenvalue weighted by Gasteiger charge is -2.09. The van der Waals surface area contributed by atoms with Crippen molar-refractivity contribution in [2.75, 3.05) is 11.1 Å². The summed E-state index contributed by atoms with van der Waals surface area (Å²) in [6.45, 7) is 6.61. The van der Waals surface area contributed by atoms with E-state index in [1.165, 1.54) is 11.8 Å². The Hall–Kier alpha value is -2.58. The number of hydrogen-bond acceptors (Lipinski definition) is 5. The van der Waals surface area contributed by atoms with Crippen LogP contribution in [0.2, 0.25) is 0 Å². The van der Waals surface area contributed by atoms with E-state index in [1.807, 2.05) is 60.0 Å². The third-order valence-corrected chi connectivity index (χ3v) is 5.45. The number of aromatic nitrogens is 3. The first kappa shape index (κ1) is 21.1. The number of thioether (sulfide) groups is 1. The van der Waals surface area contributed by atoms with Crippen molar-refractivity contribution in [2.45, 2.75) is 25.2 Å². The summed E-state index contributed by atoms with van der Waals surface area (Å²) in [5, 5.41) is 12.0. The van der Waals surface area contributed by atoms with Crippen LogP contribution in [0.4, 0.5) is 5.69 Å². The highest BCUT2D eigenvalue weighted by atomic mass is 79.9. The minimum atomic E-state index is -0.0975. The van der Waals surface area contributed by atoms with Gasteiger partial charge < -0.3 is 10.1 Å². The van der Waals surface area contributed by atoms with Crippen LogP contribution in [0, 0.1) is 6.92 Å². The molecule has 0 saturated heterocycles. The third kappa shape index (κ3) is 6.20. The molecule has 0 aliphatic carbocycles. The fraction of sp³-hybridized carbons (Fsp3) is 0.190. The monoisotopic (exact) mass is 472 g/mol. The molecule has 0 bridgehead atoms. The molecule has 1 heterocycles. The fourth-order valence-electron chi connectivity index (χ4n) is 2.49. The Kier molecular flexibility index (Phi) is 7.48. The molecule has 1 N–H and O–H groups in total. The molecule has 0 saturated carbocycles. The Bertz CT molecular complexity index is 971. The maximum absolute atomic E-state index is 12.2. The zero-order chi connectivity index (χ0) is 20.6. The molecule has 2 aromatic carbocycles. The Balaban J connectivity index is 1.59. The van der Waals surface area contributed by atoms with Gasteiger partial charge in [-0.1, -0.05) is 51.5 Å². The standard InChI is InChI=1S/C21H21BrN4O2S/c1-3-12-26-19(13-28-18-10-6-16(22)7-11-18)24-25-21(26)29-14-20(27)23-17-8-4-15(2)5-9-17/h3-11H,1,12-14H2,2H3,(H,23,27). The summed E-state index contributed by atoms with van der Waals surface area (Å²) in [5.41, 5.74) is 1.92. The van der Waals surface area contributed by atoms with Crippen LogP contribution in [0.1, 0.15) is 11.4 Å². The highest BCUT2D eigenvalue weighted by molar-refractivity contribution is 9.10. The van der Waals surface area contributed by atoms with E-state index in [1.54, 1.807) is 6.08 Å². The van der Waals surface area contributed by atoms with E-state index in [0.717, 1.165) is 21.5 Å². The van der Waals surface area contributed by atoms with Crippen LogP contribution in [0.15, 0.2) is 70.8 Å². The second-order valence-electron chi connectivity index (χ2n) is 6.24.